The maximum Gasteiger partial charge on any atom is 0.255 e. The molecule has 0 saturated heterocycles. The number of anilines is 1. The third kappa shape index (κ3) is 4.37. The lowest BCUT2D eigenvalue weighted by molar-refractivity contribution is 0.102. The molecule has 2 aromatic carbocycles. The molecule has 0 aliphatic carbocycles. The maximum atomic E-state index is 12.8. The minimum Gasteiger partial charge on any atom is -0.322 e. The van der Waals surface area contributed by atoms with Gasteiger partial charge < -0.3 is 5.32 Å². The van der Waals surface area contributed by atoms with Gasteiger partial charge in [0, 0.05) is 17.0 Å². The van der Waals surface area contributed by atoms with Crippen LogP contribution >= 0.6 is 23.1 Å². The molecule has 3 rings (SSSR count). The predicted octanol–water partition coefficient (Wildman–Crippen LogP) is 4.22. The molecule has 0 aliphatic rings. The summed E-state index contributed by atoms with van der Waals surface area (Å²) in [5, 5.41) is 10.5. The van der Waals surface area contributed by atoms with Gasteiger partial charge in [0.1, 0.15) is 11.3 Å². The van der Waals surface area contributed by atoms with E-state index < -0.39 is 0 Å². The molecular formula is C16H12FN3OS2. The number of benzene rings is 2. The highest BCUT2D eigenvalue weighted by Gasteiger charge is 2.07. The van der Waals surface area contributed by atoms with Gasteiger partial charge in [0.25, 0.3) is 5.91 Å². The molecule has 23 heavy (non-hydrogen) atoms. The second-order valence-corrected chi connectivity index (χ2v) is 6.71. The first-order valence-corrected chi connectivity index (χ1v) is 8.62. The molecule has 0 aliphatic heterocycles. The van der Waals surface area contributed by atoms with Gasteiger partial charge in [0.15, 0.2) is 4.34 Å². The molecule has 7 heteroatoms. The van der Waals surface area contributed by atoms with Crippen molar-refractivity contribution in [1.29, 1.82) is 0 Å². The van der Waals surface area contributed by atoms with Crippen molar-refractivity contribution in [1.82, 2.24) is 10.2 Å². The van der Waals surface area contributed by atoms with Crippen LogP contribution in [0.15, 0.2) is 58.4 Å². The Kier molecular flexibility index (Phi) is 4.99. The zero-order valence-electron chi connectivity index (χ0n) is 11.9. The molecule has 116 valence electrons. The normalized spacial score (nSPS) is 10.5. The van der Waals surface area contributed by atoms with Crippen LogP contribution in [0.5, 0.6) is 0 Å². The van der Waals surface area contributed by atoms with Crippen molar-refractivity contribution in [3.05, 3.63) is 71.0 Å². The predicted molar refractivity (Wildman–Crippen MR) is 90.3 cm³/mol. The number of amides is 1. The molecule has 1 aromatic heterocycles. The van der Waals surface area contributed by atoms with Gasteiger partial charge in [0.05, 0.1) is 0 Å². The lowest BCUT2D eigenvalue weighted by atomic mass is 10.1. The molecule has 0 saturated carbocycles. The summed E-state index contributed by atoms with van der Waals surface area (Å²) < 4.78 is 13.8. The van der Waals surface area contributed by atoms with E-state index in [0.29, 0.717) is 11.3 Å². The van der Waals surface area contributed by atoms with Gasteiger partial charge in [-0.15, -0.1) is 10.2 Å². The van der Waals surface area contributed by atoms with Crippen LogP contribution in [0, 0.1) is 5.82 Å². The topological polar surface area (TPSA) is 54.9 Å². The zero-order chi connectivity index (χ0) is 16.1. The molecule has 0 bridgehead atoms. The summed E-state index contributed by atoms with van der Waals surface area (Å²) in [7, 11) is 0. The fraction of sp³-hybridized carbons (Fsp3) is 0.0625. The van der Waals surface area contributed by atoms with E-state index in [1.54, 1.807) is 29.4 Å². The first-order valence-electron chi connectivity index (χ1n) is 6.75. The second-order valence-electron chi connectivity index (χ2n) is 4.65. The average molecular weight is 345 g/mol. The Morgan fingerprint density at radius 2 is 1.87 bits per heavy atom. The number of hydrogen-bond donors (Lipinski definition) is 1. The van der Waals surface area contributed by atoms with Crippen LogP contribution in [0.4, 0.5) is 10.1 Å². The number of rotatable bonds is 5. The summed E-state index contributed by atoms with van der Waals surface area (Å²) in [6, 6.07) is 13.0. The Morgan fingerprint density at radius 1 is 1.13 bits per heavy atom. The van der Waals surface area contributed by atoms with Gasteiger partial charge >= 0.3 is 0 Å². The first-order chi connectivity index (χ1) is 11.2. The Morgan fingerprint density at radius 3 is 2.52 bits per heavy atom. The van der Waals surface area contributed by atoms with Crippen molar-refractivity contribution in [2.24, 2.45) is 0 Å². The van der Waals surface area contributed by atoms with Crippen molar-refractivity contribution < 1.29 is 9.18 Å². The molecular weight excluding hydrogens is 333 g/mol. The Balaban J connectivity index is 1.59. The molecule has 0 atom stereocenters. The Labute approximate surface area is 140 Å². The lowest BCUT2D eigenvalue weighted by Gasteiger charge is -2.06. The highest BCUT2D eigenvalue weighted by molar-refractivity contribution is 8.00. The molecule has 0 unspecified atom stereocenters. The number of nitrogens with one attached hydrogen (secondary N) is 1. The molecule has 4 nitrogen and oxygen atoms in total. The van der Waals surface area contributed by atoms with Crippen LogP contribution in [0.25, 0.3) is 0 Å². The smallest absolute Gasteiger partial charge is 0.255 e. The molecule has 0 fully saturated rings. The van der Waals surface area contributed by atoms with Gasteiger partial charge in [-0.25, -0.2) is 4.39 Å². The van der Waals surface area contributed by atoms with Crippen LogP contribution < -0.4 is 5.32 Å². The van der Waals surface area contributed by atoms with E-state index in [9.17, 15) is 9.18 Å². The van der Waals surface area contributed by atoms with Crippen molar-refractivity contribution in [3.63, 3.8) is 0 Å². The molecule has 1 N–H and O–H groups in total. The van der Waals surface area contributed by atoms with Crippen LogP contribution in [0.1, 0.15) is 15.9 Å². The number of thioether (sulfide) groups is 1. The van der Waals surface area contributed by atoms with Crippen molar-refractivity contribution in [2.45, 2.75) is 10.1 Å². The van der Waals surface area contributed by atoms with E-state index in [2.05, 4.69) is 15.5 Å². The van der Waals surface area contributed by atoms with Gasteiger partial charge in [-0.3, -0.25) is 4.79 Å². The SMILES string of the molecule is O=C(Nc1ccc(F)cc1)c1ccc(CSc2nncs2)cc1. The van der Waals surface area contributed by atoms with E-state index in [1.165, 1.54) is 35.6 Å². The monoisotopic (exact) mass is 345 g/mol. The number of nitrogens with zero attached hydrogens (tertiary/aromatic N) is 2. The van der Waals surface area contributed by atoms with Crippen molar-refractivity contribution >= 4 is 34.7 Å². The summed E-state index contributed by atoms with van der Waals surface area (Å²) in [4.78, 5) is 12.1. The number of hydrogen-bond acceptors (Lipinski definition) is 5. The van der Waals surface area contributed by atoms with Crippen LogP contribution in [-0.2, 0) is 5.75 Å². The Bertz CT molecular complexity index is 774. The quantitative estimate of drug-likeness (QED) is 0.704. The van der Waals surface area contributed by atoms with E-state index >= 15 is 0 Å². The van der Waals surface area contributed by atoms with Crippen molar-refractivity contribution in [3.8, 4) is 0 Å². The van der Waals surface area contributed by atoms with Crippen LogP contribution in [-0.4, -0.2) is 16.1 Å². The molecule has 0 radical (unpaired) electrons. The van der Waals surface area contributed by atoms with E-state index in [4.69, 9.17) is 0 Å². The number of halogens is 1. The fourth-order valence-corrected chi connectivity index (χ4v) is 3.30. The Hall–Kier alpha value is -2.25. The molecule has 0 spiro atoms. The van der Waals surface area contributed by atoms with E-state index in [-0.39, 0.29) is 11.7 Å². The summed E-state index contributed by atoms with van der Waals surface area (Å²) >= 11 is 3.11. The molecule has 3 aromatic rings. The van der Waals surface area contributed by atoms with Crippen LogP contribution in [0.2, 0.25) is 0 Å². The van der Waals surface area contributed by atoms with Gasteiger partial charge in [0.2, 0.25) is 0 Å². The van der Waals surface area contributed by atoms with E-state index in [0.717, 1.165) is 15.7 Å². The minimum atomic E-state index is -0.333. The standard InChI is InChI=1S/C16H12FN3OS2/c17-13-5-7-14(8-6-13)19-15(21)12-3-1-11(2-4-12)9-22-16-20-18-10-23-16/h1-8,10H,9H2,(H,19,21). The number of carbonyl (C=O) groups is 1. The second kappa shape index (κ2) is 7.34. The van der Waals surface area contributed by atoms with Gasteiger partial charge in [-0.05, 0) is 42.0 Å². The summed E-state index contributed by atoms with van der Waals surface area (Å²) in [5.74, 6) is 0.218. The lowest BCUT2D eigenvalue weighted by Crippen LogP contribution is -2.11. The van der Waals surface area contributed by atoms with Crippen molar-refractivity contribution in [2.75, 3.05) is 5.32 Å². The van der Waals surface area contributed by atoms with Gasteiger partial charge in [-0.1, -0.05) is 35.2 Å². The third-order valence-electron chi connectivity index (χ3n) is 3.02. The van der Waals surface area contributed by atoms with E-state index in [1.807, 2.05) is 12.1 Å². The number of aromatic nitrogens is 2. The minimum absolute atomic E-state index is 0.222. The van der Waals surface area contributed by atoms with Crippen LogP contribution in [0.3, 0.4) is 0 Å². The number of carbonyl (C=O) groups excluding carboxylic acids is 1. The molecule has 1 heterocycles. The largest absolute Gasteiger partial charge is 0.322 e. The average Bonchev–Trinajstić information content (AvgIpc) is 3.09. The third-order valence-corrected chi connectivity index (χ3v) is 4.95. The summed E-state index contributed by atoms with van der Waals surface area (Å²) in [5.41, 5.74) is 3.92. The molecule has 1 amide bonds. The summed E-state index contributed by atoms with van der Waals surface area (Å²) in [6.45, 7) is 0. The fourth-order valence-electron chi connectivity index (χ4n) is 1.86. The van der Waals surface area contributed by atoms with Gasteiger partial charge in [-0.2, -0.15) is 0 Å². The highest BCUT2D eigenvalue weighted by Crippen LogP contribution is 2.23. The first kappa shape index (κ1) is 15.6. The maximum absolute atomic E-state index is 12.8. The summed E-state index contributed by atoms with van der Waals surface area (Å²) in [6.07, 6.45) is 0. The highest BCUT2D eigenvalue weighted by atomic mass is 32.2. The zero-order valence-corrected chi connectivity index (χ0v) is 13.5.